The minimum absolute atomic E-state index is 0.00585. The van der Waals surface area contributed by atoms with Crippen molar-refractivity contribution in [2.45, 2.75) is 62.9 Å². The van der Waals surface area contributed by atoms with Crippen LogP contribution in [0.5, 0.6) is 0 Å². The average molecular weight is 477 g/mol. The molecular formula is C28H32N2O5. The van der Waals surface area contributed by atoms with Crippen molar-refractivity contribution < 1.29 is 24.2 Å². The molecule has 0 saturated heterocycles. The number of alkyl carbamates (subject to hydrolysis) is 1. The molecule has 0 heterocycles. The zero-order chi connectivity index (χ0) is 24.4. The van der Waals surface area contributed by atoms with Gasteiger partial charge in [0.25, 0.3) is 0 Å². The first-order chi connectivity index (χ1) is 17.0. The lowest BCUT2D eigenvalue weighted by molar-refractivity contribution is -0.141. The number of carbonyl (C=O) groups excluding carboxylic acids is 2. The van der Waals surface area contributed by atoms with Crippen LogP contribution >= 0.6 is 0 Å². The van der Waals surface area contributed by atoms with Gasteiger partial charge in [0, 0.05) is 24.4 Å². The maximum Gasteiger partial charge on any atom is 0.407 e. The summed E-state index contributed by atoms with van der Waals surface area (Å²) in [5.74, 6) is -0.903. The number of hydrogen-bond acceptors (Lipinski definition) is 4. The van der Waals surface area contributed by atoms with E-state index in [2.05, 4.69) is 34.9 Å². The summed E-state index contributed by atoms with van der Waals surface area (Å²) in [6.45, 7) is 0.289. The Balaban J connectivity index is 1.07. The molecule has 2 unspecified atom stereocenters. The van der Waals surface area contributed by atoms with Crippen LogP contribution in [0.4, 0.5) is 4.79 Å². The highest BCUT2D eigenvalue weighted by atomic mass is 16.5. The molecule has 0 radical (unpaired) electrons. The van der Waals surface area contributed by atoms with E-state index in [4.69, 9.17) is 9.84 Å². The molecule has 0 spiro atoms. The van der Waals surface area contributed by atoms with Gasteiger partial charge in [-0.2, -0.15) is 0 Å². The molecule has 4 atom stereocenters. The number of carboxylic acid groups (broad SMARTS) is 1. The van der Waals surface area contributed by atoms with Crippen molar-refractivity contribution in [3.63, 3.8) is 0 Å². The highest BCUT2D eigenvalue weighted by molar-refractivity contribution is 5.79. The van der Waals surface area contributed by atoms with E-state index < -0.39 is 12.1 Å². The molecule has 2 amide bonds. The number of rotatable bonds is 7. The Morgan fingerprint density at radius 1 is 0.829 bits per heavy atom. The van der Waals surface area contributed by atoms with Crippen molar-refractivity contribution in [2.75, 3.05) is 6.61 Å². The van der Waals surface area contributed by atoms with Crippen LogP contribution in [0, 0.1) is 11.8 Å². The second kappa shape index (κ2) is 10.1. The van der Waals surface area contributed by atoms with Gasteiger partial charge in [-0.1, -0.05) is 48.5 Å². The average Bonchev–Trinajstić information content (AvgIpc) is 3.56. The van der Waals surface area contributed by atoms with E-state index in [1.54, 1.807) is 0 Å². The van der Waals surface area contributed by atoms with Gasteiger partial charge in [-0.25, -0.2) is 4.79 Å². The third-order valence-corrected chi connectivity index (χ3v) is 7.83. The first-order valence-electron chi connectivity index (χ1n) is 12.6. The van der Waals surface area contributed by atoms with Crippen molar-refractivity contribution in [2.24, 2.45) is 11.8 Å². The fourth-order valence-electron chi connectivity index (χ4n) is 6.08. The van der Waals surface area contributed by atoms with Gasteiger partial charge in [-0.05, 0) is 66.7 Å². The van der Waals surface area contributed by atoms with E-state index in [0.29, 0.717) is 19.3 Å². The van der Waals surface area contributed by atoms with Crippen molar-refractivity contribution in [1.82, 2.24) is 10.6 Å². The lowest BCUT2D eigenvalue weighted by Crippen LogP contribution is -2.35. The quantitative estimate of drug-likeness (QED) is 0.548. The summed E-state index contributed by atoms with van der Waals surface area (Å²) in [6, 6.07) is 16.5. The molecule has 0 aromatic heterocycles. The van der Waals surface area contributed by atoms with Crippen LogP contribution in [-0.2, 0) is 14.3 Å². The molecule has 0 aliphatic heterocycles. The molecule has 3 aliphatic rings. The zero-order valence-electron chi connectivity index (χ0n) is 19.7. The standard InChI is InChI=1S/C28H32N2O5/c31-26(29-20-12-10-18(15-20)27(32)33)14-17-9-11-19(13-17)30-28(34)35-16-25-23-7-3-1-5-21(23)22-6-2-4-8-24(22)25/h1-8,17-20,25H,9-16H2,(H,29,31)(H,30,34)(H,32,33)/t17-,18?,19+,20?/m0/s1. The molecule has 7 nitrogen and oxygen atoms in total. The summed E-state index contributed by atoms with van der Waals surface area (Å²) in [5, 5.41) is 15.1. The third-order valence-electron chi connectivity index (χ3n) is 7.83. The minimum atomic E-state index is -0.778. The van der Waals surface area contributed by atoms with E-state index in [1.165, 1.54) is 22.3 Å². The van der Waals surface area contributed by atoms with Gasteiger partial charge in [-0.15, -0.1) is 0 Å². The number of hydrogen-bond donors (Lipinski definition) is 3. The van der Waals surface area contributed by atoms with E-state index in [9.17, 15) is 14.4 Å². The highest BCUT2D eigenvalue weighted by Gasteiger charge is 2.33. The van der Waals surface area contributed by atoms with Crippen LogP contribution in [0.1, 0.15) is 62.0 Å². The van der Waals surface area contributed by atoms with Crippen molar-refractivity contribution >= 4 is 18.0 Å². The summed E-state index contributed by atoms with van der Waals surface area (Å²) < 4.78 is 5.66. The Kier molecular flexibility index (Phi) is 6.75. The first-order valence-corrected chi connectivity index (χ1v) is 12.6. The number of benzene rings is 2. The Bertz CT molecular complexity index is 1070. The van der Waals surface area contributed by atoms with Gasteiger partial charge >= 0.3 is 12.1 Å². The number of nitrogens with one attached hydrogen (secondary N) is 2. The minimum Gasteiger partial charge on any atom is -0.481 e. The van der Waals surface area contributed by atoms with Crippen LogP contribution in [0.25, 0.3) is 11.1 Å². The Labute approximate surface area is 205 Å². The summed E-state index contributed by atoms with van der Waals surface area (Å²) in [6.07, 6.45) is 4.31. The number of amides is 2. The maximum atomic E-state index is 12.6. The number of ether oxygens (including phenoxy) is 1. The van der Waals surface area contributed by atoms with Crippen LogP contribution in [0.3, 0.4) is 0 Å². The number of aliphatic carboxylic acids is 1. The van der Waals surface area contributed by atoms with Crippen LogP contribution in [0.2, 0.25) is 0 Å². The van der Waals surface area contributed by atoms with Crippen molar-refractivity contribution in [1.29, 1.82) is 0 Å². The second-order valence-electron chi connectivity index (χ2n) is 10.2. The summed E-state index contributed by atoms with van der Waals surface area (Å²) in [4.78, 5) is 36.1. The topological polar surface area (TPSA) is 105 Å². The Hall–Kier alpha value is -3.35. The predicted molar refractivity (Wildman–Crippen MR) is 131 cm³/mol. The van der Waals surface area contributed by atoms with Gasteiger partial charge in [-0.3, -0.25) is 9.59 Å². The van der Waals surface area contributed by atoms with Gasteiger partial charge < -0.3 is 20.5 Å². The highest BCUT2D eigenvalue weighted by Crippen LogP contribution is 2.44. The van der Waals surface area contributed by atoms with E-state index in [-0.39, 0.29) is 42.4 Å². The first kappa shape index (κ1) is 23.4. The Morgan fingerprint density at radius 2 is 1.46 bits per heavy atom. The summed E-state index contributed by atoms with van der Waals surface area (Å²) in [5.41, 5.74) is 4.77. The maximum absolute atomic E-state index is 12.6. The fraction of sp³-hybridized carbons (Fsp3) is 0.464. The molecule has 5 rings (SSSR count). The number of fused-ring (bicyclic) bond motifs is 3. The number of carbonyl (C=O) groups is 3. The van der Waals surface area contributed by atoms with Gasteiger partial charge in [0.2, 0.25) is 5.91 Å². The fourth-order valence-corrected chi connectivity index (χ4v) is 6.08. The molecule has 35 heavy (non-hydrogen) atoms. The normalized spacial score (nSPS) is 25.0. The smallest absolute Gasteiger partial charge is 0.407 e. The molecule has 3 N–H and O–H groups in total. The van der Waals surface area contributed by atoms with Crippen LogP contribution in [-0.4, -0.2) is 41.8 Å². The number of carboxylic acids is 1. The lowest BCUT2D eigenvalue weighted by atomic mass is 9.98. The summed E-state index contributed by atoms with van der Waals surface area (Å²) >= 11 is 0. The summed E-state index contributed by atoms with van der Waals surface area (Å²) in [7, 11) is 0. The molecule has 7 heteroatoms. The van der Waals surface area contributed by atoms with Gasteiger partial charge in [0.15, 0.2) is 0 Å². The molecular weight excluding hydrogens is 444 g/mol. The van der Waals surface area contributed by atoms with Crippen LogP contribution < -0.4 is 10.6 Å². The SMILES string of the molecule is O=C(C[C@H]1CC[C@@H](NC(=O)OCC2c3ccccc3-c3ccccc32)C1)NC1CCC(C(=O)O)C1. The molecule has 2 fully saturated rings. The second-order valence-corrected chi connectivity index (χ2v) is 10.2. The molecule has 0 bridgehead atoms. The molecule has 2 aromatic rings. The van der Waals surface area contributed by atoms with E-state index >= 15 is 0 Å². The molecule has 2 saturated carbocycles. The van der Waals surface area contributed by atoms with Crippen molar-refractivity contribution in [3.8, 4) is 11.1 Å². The third kappa shape index (κ3) is 5.19. The monoisotopic (exact) mass is 476 g/mol. The molecule has 3 aliphatic carbocycles. The van der Waals surface area contributed by atoms with Gasteiger partial charge in [0.1, 0.15) is 6.61 Å². The zero-order valence-corrected chi connectivity index (χ0v) is 19.7. The molecule has 184 valence electrons. The van der Waals surface area contributed by atoms with E-state index in [0.717, 1.165) is 25.7 Å². The van der Waals surface area contributed by atoms with Gasteiger partial charge in [0.05, 0.1) is 5.92 Å². The van der Waals surface area contributed by atoms with E-state index in [1.807, 2.05) is 24.3 Å². The molecule has 2 aromatic carbocycles. The lowest BCUT2D eigenvalue weighted by Gasteiger charge is -2.17. The Morgan fingerprint density at radius 3 is 2.11 bits per heavy atom. The van der Waals surface area contributed by atoms with Crippen molar-refractivity contribution in [3.05, 3.63) is 59.7 Å². The van der Waals surface area contributed by atoms with Crippen LogP contribution in [0.15, 0.2) is 48.5 Å². The largest absolute Gasteiger partial charge is 0.481 e. The predicted octanol–water partition coefficient (Wildman–Crippen LogP) is 4.45.